The molecule has 2 aliphatic rings. The highest BCUT2D eigenvalue weighted by Crippen LogP contribution is 2.41. The van der Waals surface area contributed by atoms with Crippen molar-refractivity contribution in [2.45, 2.75) is 24.9 Å². The molecule has 1 aliphatic carbocycles. The molecule has 3 amide bonds. The molecule has 1 fully saturated rings. The second kappa shape index (κ2) is 5.37. The molecule has 0 aromatic heterocycles. The molecule has 0 saturated carbocycles. The van der Waals surface area contributed by atoms with E-state index in [-0.39, 0.29) is 18.5 Å². The van der Waals surface area contributed by atoms with E-state index in [4.69, 9.17) is 4.74 Å². The fourth-order valence-corrected chi connectivity index (χ4v) is 3.69. The minimum Gasteiger partial charge on any atom is -0.497 e. The molecule has 4 rings (SSSR count). The second-order valence-electron chi connectivity index (χ2n) is 6.24. The average molecular weight is 322 g/mol. The molecular formula is C19H18N2O3. The SMILES string of the molecule is COc1cccc(CN2C(=O)NC3(CCc4ccccc43)C2=O)c1. The van der Waals surface area contributed by atoms with E-state index in [0.29, 0.717) is 12.2 Å². The summed E-state index contributed by atoms with van der Waals surface area (Å²) in [6.07, 6.45) is 1.42. The van der Waals surface area contributed by atoms with Gasteiger partial charge in [0.15, 0.2) is 0 Å². The molecule has 2 aromatic carbocycles. The number of fused-ring (bicyclic) bond motifs is 2. The summed E-state index contributed by atoms with van der Waals surface area (Å²) in [6.45, 7) is 0.242. The summed E-state index contributed by atoms with van der Waals surface area (Å²) in [6, 6.07) is 14.9. The first-order valence-corrected chi connectivity index (χ1v) is 7.99. The number of hydrogen-bond donors (Lipinski definition) is 1. The summed E-state index contributed by atoms with van der Waals surface area (Å²) in [5.41, 5.74) is 2.03. The topological polar surface area (TPSA) is 58.6 Å². The van der Waals surface area contributed by atoms with E-state index >= 15 is 0 Å². The quantitative estimate of drug-likeness (QED) is 0.884. The maximum absolute atomic E-state index is 13.1. The first-order valence-electron chi connectivity index (χ1n) is 7.99. The third-order valence-corrected chi connectivity index (χ3v) is 4.90. The highest BCUT2D eigenvalue weighted by Gasteiger charge is 2.55. The van der Waals surface area contributed by atoms with Crippen LogP contribution in [0.3, 0.4) is 0 Å². The highest BCUT2D eigenvalue weighted by atomic mass is 16.5. The van der Waals surface area contributed by atoms with Crippen molar-refractivity contribution in [2.24, 2.45) is 0 Å². The molecule has 122 valence electrons. The molecule has 5 nitrogen and oxygen atoms in total. The van der Waals surface area contributed by atoms with Crippen LogP contribution in [-0.2, 0) is 23.3 Å². The zero-order valence-corrected chi connectivity index (χ0v) is 13.4. The van der Waals surface area contributed by atoms with Crippen LogP contribution in [0, 0.1) is 0 Å². The van der Waals surface area contributed by atoms with Crippen LogP contribution in [0.25, 0.3) is 0 Å². The van der Waals surface area contributed by atoms with Gasteiger partial charge in [-0.15, -0.1) is 0 Å². The number of imide groups is 1. The summed E-state index contributed by atoms with van der Waals surface area (Å²) < 4.78 is 5.21. The molecule has 1 saturated heterocycles. The summed E-state index contributed by atoms with van der Waals surface area (Å²) in [4.78, 5) is 26.9. The molecule has 1 atom stereocenters. The number of aryl methyl sites for hydroxylation is 1. The number of nitrogens with one attached hydrogen (secondary N) is 1. The molecule has 1 spiro atoms. The molecule has 24 heavy (non-hydrogen) atoms. The zero-order chi connectivity index (χ0) is 16.7. The highest BCUT2D eigenvalue weighted by molar-refractivity contribution is 6.08. The van der Waals surface area contributed by atoms with E-state index < -0.39 is 5.54 Å². The van der Waals surface area contributed by atoms with Gasteiger partial charge in [-0.2, -0.15) is 0 Å². The van der Waals surface area contributed by atoms with Crippen LogP contribution in [-0.4, -0.2) is 23.9 Å². The molecule has 1 aliphatic heterocycles. The van der Waals surface area contributed by atoms with Crippen LogP contribution >= 0.6 is 0 Å². The number of benzene rings is 2. The lowest BCUT2D eigenvalue weighted by Crippen LogP contribution is -2.41. The van der Waals surface area contributed by atoms with E-state index in [9.17, 15) is 9.59 Å². The third-order valence-electron chi connectivity index (χ3n) is 4.90. The summed E-state index contributed by atoms with van der Waals surface area (Å²) in [5.74, 6) is 0.542. The van der Waals surface area contributed by atoms with Gasteiger partial charge in [-0.3, -0.25) is 9.69 Å². The van der Waals surface area contributed by atoms with Gasteiger partial charge in [0, 0.05) is 0 Å². The first kappa shape index (κ1) is 14.8. The fourth-order valence-electron chi connectivity index (χ4n) is 3.69. The van der Waals surface area contributed by atoms with Crippen molar-refractivity contribution < 1.29 is 14.3 Å². The van der Waals surface area contributed by atoms with Gasteiger partial charge in [0.05, 0.1) is 13.7 Å². The third kappa shape index (κ3) is 2.08. The number of carbonyl (C=O) groups excluding carboxylic acids is 2. The Morgan fingerprint density at radius 3 is 2.83 bits per heavy atom. The minimum absolute atomic E-state index is 0.166. The molecule has 0 radical (unpaired) electrons. The largest absolute Gasteiger partial charge is 0.497 e. The average Bonchev–Trinajstić information content (AvgIpc) is 3.09. The monoisotopic (exact) mass is 322 g/mol. The predicted octanol–water partition coefficient (Wildman–Crippen LogP) is 2.59. The van der Waals surface area contributed by atoms with Gasteiger partial charge in [-0.05, 0) is 41.7 Å². The Bertz CT molecular complexity index is 833. The van der Waals surface area contributed by atoms with Gasteiger partial charge in [0.25, 0.3) is 5.91 Å². The standard InChI is InChI=1S/C19H18N2O3/c1-24-15-7-4-5-13(11-15)12-21-17(22)19(20-18(21)23)10-9-14-6-2-3-8-16(14)19/h2-8,11H,9-10,12H2,1H3,(H,20,23). The molecule has 2 aromatic rings. The van der Waals surface area contributed by atoms with E-state index in [1.165, 1.54) is 4.90 Å². The Morgan fingerprint density at radius 2 is 2.00 bits per heavy atom. The van der Waals surface area contributed by atoms with Gasteiger partial charge < -0.3 is 10.1 Å². The van der Waals surface area contributed by atoms with Crippen molar-refractivity contribution in [3.8, 4) is 5.75 Å². The van der Waals surface area contributed by atoms with Gasteiger partial charge in [-0.25, -0.2) is 4.79 Å². The van der Waals surface area contributed by atoms with E-state index in [0.717, 1.165) is 23.1 Å². The Morgan fingerprint density at radius 1 is 1.17 bits per heavy atom. The van der Waals surface area contributed by atoms with E-state index in [2.05, 4.69) is 5.32 Å². The van der Waals surface area contributed by atoms with Crippen molar-refractivity contribution in [1.82, 2.24) is 10.2 Å². The van der Waals surface area contributed by atoms with Crippen LogP contribution in [0.5, 0.6) is 5.75 Å². The normalized spacial score (nSPS) is 22.0. The lowest BCUT2D eigenvalue weighted by atomic mass is 9.92. The Hall–Kier alpha value is -2.82. The molecular weight excluding hydrogens is 304 g/mol. The molecule has 1 unspecified atom stereocenters. The number of amides is 3. The van der Waals surface area contributed by atoms with Crippen molar-refractivity contribution in [3.63, 3.8) is 0 Å². The van der Waals surface area contributed by atoms with Crippen LogP contribution in [0.2, 0.25) is 0 Å². The minimum atomic E-state index is -0.896. The van der Waals surface area contributed by atoms with E-state index in [1.807, 2.05) is 48.5 Å². The van der Waals surface area contributed by atoms with Crippen molar-refractivity contribution in [3.05, 3.63) is 65.2 Å². The Labute approximate surface area is 140 Å². The number of methoxy groups -OCH3 is 1. The van der Waals surface area contributed by atoms with Crippen molar-refractivity contribution >= 4 is 11.9 Å². The molecule has 1 N–H and O–H groups in total. The van der Waals surface area contributed by atoms with Crippen LogP contribution in [0.4, 0.5) is 4.79 Å². The fraction of sp³-hybridized carbons (Fsp3) is 0.263. The number of rotatable bonds is 3. The summed E-state index contributed by atoms with van der Waals surface area (Å²) in [5, 5.41) is 2.94. The maximum Gasteiger partial charge on any atom is 0.325 e. The number of urea groups is 1. The summed E-state index contributed by atoms with van der Waals surface area (Å²) >= 11 is 0. The number of hydrogen-bond acceptors (Lipinski definition) is 3. The molecule has 1 heterocycles. The van der Waals surface area contributed by atoms with Gasteiger partial charge in [0.1, 0.15) is 11.3 Å². The molecule has 0 bridgehead atoms. The second-order valence-corrected chi connectivity index (χ2v) is 6.24. The number of nitrogens with zero attached hydrogens (tertiary/aromatic N) is 1. The van der Waals surface area contributed by atoms with Gasteiger partial charge >= 0.3 is 6.03 Å². The van der Waals surface area contributed by atoms with Crippen LogP contribution in [0.15, 0.2) is 48.5 Å². The van der Waals surface area contributed by atoms with Crippen molar-refractivity contribution in [1.29, 1.82) is 0 Å². The van der Waals surface area contributed by atoms with Gasteiger partial charge in [0.2, 0.25) is 0 Å². The maximum atomic E-state index is 13.1. The molecule has 5 heteroatoms. The number of carbonyl (C=O) groups is 2. The smallest absolute Gasteiger partial charge is 0.325 e. The zero-order valence-electron chi connectivity index (χ0n) is 13.4. The number of ether oxygens (including phenoxy) is 1. The van der Waals surface area contributed by atoms with Crippen LogP contribution in [0.1, 0.15) is 23.1 Å². The van der Waals surface area contributed by atoms with Gasteiger partial charge in [-0.1, -0.05) is 36.4 Å². The van der Waals surface area contributed by atoms with Crippen LogP contribution < -0.4 is 10.1 Å². The first-order chi connectivity index (χ1) is 11.6. The van der Waals surface area contributed by atoms with Crippen molar-refractivity contribution in [2.75, 3.05) is 7.11 Å². The Balaban J connectivity index is 1.65. The van der Waals surface area contributed by atoms with E-state index in [1.54, 1.807) is 7.11 Å². The predicted molar refractivity (Wildman–Crippen MR) is 88.5 cm³/mol. The Kier molecular flexibility index (Phi) is 3.30. The lowest BCUT2D eigenvalue weighted by Gasteiger charge is -2.22. The summed E-state index contributed by atoms with van der Waals surface area (Å²) in [7, 11) is 1.59. The lowest BCUT2D eigenvalue weighted by molar-refractivity contribution is -0.132.